The number of rotatable bonds is 7. The molecule has 3 aromatic carbocycles. The molecule has 0 heterocycles. The van der Waals surface area contributed by atoms with E-state index in [9.17, 15) is 14.7 Å². The van der Waals surface area contributed by atoms with Gasteiger partial charge in [0.15, 0.2) is 0 Å². The van der Waals surface area contributed by atoms with Gasteiger partial charge in [0.25, 0.3) is 0 Å². The number of phenolic OH excluding ortho intramolecular Hbond substituents is 1. The van der Waals surface area contributed by atoms with Crippen LogP contribution >= 0.6 is 0 Å². The van der Waals surface area contributed by atoms with Gasteiger partial charge in [-0.1, -0.05) is 60.7 Å². The highest BCUT2D eigenvalue weighted by Gasteiger charge is 2.30. The second-order valence-corrected chi connectivity index (χ2v) is 7.65. The minimum atomic E-state index is -0.893. The van der Waals surface area contributed by atoms with Crippen molar-refractivity contribution >= 4 is 12.1 Å². The number of hydrogen-bond acceptors (Lipinski definition) is 5. The molecule has 0 aromatic heterocycles. The van der Waals surface area contributed by atoms with Crippen LogP contribution in [0.1, 0.15) is 29.5 Å². The van der Waals surface area contributed by atoms with Crippen molar-refractivity contribution in [2.24, 2.45) is 0 Å². The second kappa shape index (κ2) is 9.56. The van der Waals surface area contributed by atoms with Gasteiger partial charge in [-0.25, -0.2) is 9.59 Å². The molecular weight excluding hydrogens is 406 g/mol. The zero-order valence-corrected chi connectivity index (χ0v) is 17.8. The highest BCUT2D eigenvalue weighted by molar-refractivity contribution is 5.82. The third-order valence-corrected chi connectivity index (χ3v) is 5.58. The van der Waals surface area contributed by atoms with E-state index in [1.165, 1.54) is 12.1 Å². The molecule has 0 spiro atoms. The number of hydrogen-bond donors (Lipinski definition) is 2. The molecule has 6 nitrogen and oxygen atoms in total. The van der Waals surface area contributed by atoms with Crippen LogP contribution in [0.3, 0.4) is 0 Å². The topological polar surface area (TPSA) is 84.9 Å². The number of nitrogens with one attached hydrogen (secondary N) is 1. The largest absolute Gasteiger partial charge is 0.508 e. The van der Waals surface area contributed by atoms with Crippen LogP contribution in [0, 0.1) is 0 Å². The zero-order valence-electron chi connectivity index (χ0n) is 17.8. The molecule has 0 unspecified atom stereocenters. The molecule has 2 N–H and O–H groups in total. The summed E-state index contributed by atoms with van der Waals surface area (Å²) in [5.74, 6) is -0.466. The summed E-state index contributed by atoms with van der Waals surface area (Å²) in [7, 11) is 0. The van der Waals surface area contributed by atoms with E-state index in [4.69, 9.17) is 9.47 Å². The minimum Gasteiger partial charge on any atom is -0.508 e. The van der Waals surface area contributed by atoms with Gasteiger partial charge in [-0.15, -0.1) is 0 Å². The molecule has 0 radical (unpaired) electrons. The van der Waals surface area contributed by atoms with Gasteiger partial charge in [0.05, 0.1) is 6.61 Å². The summed E-state index contributed by atoms with van der Waals surface area (Å²) in [5.41, 5.74) is 5.31. The fourth-order valence-electron chi connectivity index (χ4n) is 4.09. The molecule has 1 amide bonds. The van der Waals surface area contributed by atoms with E-state index in [0.717, 1.165) is 27.8 Å². The molecular formula is C26H25NO5. The average molecular weight is 431 g/mol. The van der Waals surface area contributed by atoms with Crippen LogP contribution in [0.15, 0.2) is 72.8 Å². The van der Waals surface area contributed by atoms with Crippen molar-refractivity contribution in [3.8, 4) is 16.9 Å². The number of phenols is 1. The van der Waals surface area contributed by atoms with Gasteiger partial charge in [0, 0.05) is 12.3 Å². The van der Waals surface area contributed by atoms with E-state index in [-0.39, 0.29) is 31.3 Å². The quantitative estimate of drug-likeness (QED) is 0.542. The average Bonchev–Trinajstić information content (AvgIpc) is 3.12. The number of amides is 1. The third-order valence-electron chi connectivity index (χ3n) is 5.58. The van der Waals surface area contributed by atoms with Gasteiger partial charge >= 0.3 is 12.1 Å². The zero-order chi connectivity index (χ0) is 22.5. The molecule has 0 fully saturated rings. The van der Waals surface area contributed by atoms with Gasteiger partial charge in [-0.2, -0.15) is 0 Å². The van der Waals surface area contributed by atoms with Crippen molar-refractivity contribution in [3.05, 3.63) is 89.5 Å². The van der Waals surface area contributed by atoms with Gasteiger partial charge in [-0.3, -0.25) is 0 Å². The highest BCUT2D eigenvalue weighted by Crippen LogP contribution is 2.44. The van der Waals surface area contributed by atoms with E-state index < -0.39 is 18.1 Å². The number of aromatic hydroxyl groups is 1. The molecule has 164 valence electrons. The first-order valence-electron chi connectivity index (χ1n) is 10.6. The fraction of sp³-hybridized carbons (Fsp3) is 0.231. The van der Waals surface area contributed by atoms with Crippen LogP contribution in [-0.2, 0) is 20.7 Å². The molecule has 0 aliphatic heterocycles. The van der Waals surface area contributed by atoms with Crippen molar-refractivity contribution < 1.29 is 24.2 Å². The SMILES string of the molecule is CCOC(=O)[C@H](Cc1ccc(O)cc1)NC(=O)OCC1c2ccccc2-c2ccccc21. The summed E-state index contributed by atoms with van der Waals surface area (Å²) >= 11 is 0. The van der Waals surface area contributed by atoms with Crippen LogP contribution in [0.25, 0.3) is 11.1 Å². The van der Waals surface area contributed by atoms with Crippen molar-refractivity contribution in [2.75, 3.05) is 13.2 Å². The lowest BCUT2D eigenvalue weighted by Gasteiger charge is -2.19. The van der Waals surface area contributed by atoms with Crippen LogP contribution in [0.5, 0.6) is 5.75 Å². The molecule has 4 rings (SSSR count). The van der Waals surface area contributed by atoms with E-state index in [1.54, 1.807) is 19.1 Å². The number of benzene rings is 3. The summed E-state index contributed by atoms with van der Waals surface area (Å²) in [4.78, 5) is 25.0. The first-order valence-corrected chi connectivity index (χ1v) is 10.6. The Morgan fingerprint density at radius 2 is 1.50 bits per heavy atom. The first-order chi connectivity index (χ1) is 15.6. The Morgan fingerprint density at radius 3 is 2.09 bits per heavy atom. The Labute approximate surface area is 186 Å². The lowest BCUT2D eigenvalue weighted by atomic mass is 9.98. The Balaban J connectivity index is 1.44. The third kappa shape index (κ3) is 4.59. The molecule has 6 heteroatoms. The summed E-state index contributed by atoms with van der Waals surface area (Å²) in [6, 6.07) is 21.8. The van der Waals surface area contributed by atoms with Crippen molar-refractivity contribution in [3.63, 3.8) is 0 Å². The Kier molecular flexibility index (Phi) is 6.40. The molecule has 0 saturated carbocycles. The van der Waals surface area contributed by atoms with Gasteiger partial charge in [0.1, 0.15) is 18.4 Å². The Morgan fingerprint density at radius 1 is 0.906 bits per heavy atom. The Hall–Kier alpha value is -3.80. The molecule has 1 atom stereocenters. The molecule has 0 saturated heterocycles. The number of ether oxygens (including phenoxy) is 2. The highest BCUT2D eigenvalue weighted by atomic mass is 16.6. The number of carbonyl (C=O) groups excluding carboxylic acids is 2. The predicted molar refractivity (Wildman–Crippen MR) is 120 cm³/mol. The maximum absolute atomic E-state index is 12.6. The van der Waals surface area contributed by atoms with E-state index in [0.29, 0.717) is 0 Å². The Bertz CT molecular complexity index is 1060. The normalized spacial score (nSPS) is 13.0. The number of carbonyl (C=O) groups is 2. The van der Waals surface area contributed by atoms with Crippen LogP contribution in [0.2, 0.25) is 0 Å². The minimum absolute atomic E-state index is 0.0636. The van der Waals surface area contributed by atoms with E-state index in [2.05, 4.69) is 17.4 Å². The lowest BCUT2D eigenvalue weighted by molar-refractivity contribution is -0.145. The molecule has 0 bridgehead atoms. The lowest BCUT2D eigenvalue weighted by Crippen LogP contribution is -2.44. The number of fused-ring (bicyclic) bond motifs is 3. The maximum Gasteiger partial charge on any atom is 0.407 e. The fourth-order valence-corrected chi connectivity index (χ4v) is 4.09. The second-order valence-electron chi connectivity index (χ2n) is 7.65. The predicted octanol–water partition coefficient (Wildman–Crippen LogP) is 4.41. The van der Waals surface area contributed by atoms with Gasteiger partial charge in [0.2, 0.25) is 0 Å². The van der Waals surface area contributed by atoms with Crippen molar-refractivity contribution in [1.82, 2.24) is 5.32 Å². The molecule has 1 aliphatic rings. The van der Waals surface area contributed by atoms with Crippen LogP contribution < -0.4 is 5.32 Å². The van der Waals surface area contributed by atoms with E-state index in [1.807, 2.05) is 36.4 Å². The standard InChI is InChI=1S/C26H25NO5/c1-2-31-25(29)24(15-17-11-13-18(28)14-12-17)27-26(30)32-16-23-21-9-5-3-7-19(21)20-8-4-6-10-22(20)23/h3-14,23-24,28H,2,15-16H2,1H3,(H,27,30)/t24-/m0/s1. The van der Waals surface area contributed by atoms with Crippen LogP contribution in [0.4, 0.5) is 4.79 Å². The maximum atomic E-state index is 12.6. The van der Waals surface area contributed by atoms with Crippen LogP contribution in [-0.4, -0.2) is 36.4 Å². The van der Waals surface area contributed by atoms with Gasteiger partial charge in [-0.05, 0) is 46.9 Å². The summed E-state index contributed by atoms with van der Waals surface area (Å²) < 4.78 is 10.7. The smallest absolute Gasteiger partial charge is 0.407 e. The summed E-state index contributed by atoms with van der Waals surface area (Å²) in [6.45, 7) is 2.08. The van der Waals surface area contributed by atoms with Gasteiger partial charge < -0.3 is 19.9 Å². The molecule has 1 aliphatic carbocycles. The van der Waals surface area contributed by atoms with E-state index >= 15 is 0 Å². The monoisotopic (exact) mass is 431 g/mol. The summed E-state index contributed by atoms with van der Waals surface area (Å²) in [6.07, 6.45) is -0.452. The molecule has 32 heavy (non-hydrogen) atoms. The first kappa shape index (κ1) is 21.4. The summed E-state index contributed by atoms with van der Waals surface area (Å²) in [5, 5.41) is 12.1. The molecule has 3 aromatic rings. The van der Waals surface area contributed by atoms with Crippen molar-refractivity contribution in [2.45, 2.75) is 25.3 Å². The number of esters is 1. The van der Waals surface area contributed by atoms with Crippen molar-refractivity contribution in [1.29, 1.82) is 0 Å². The number of alkyl carbamates (subject to hydrolysis) is 1.